The predicted octanol–water partition coefficient (Wildman–Crippen LogP) is 5.42. The van der Waals surface area contributed by atoms with Crippen molar-refractivity contribution in [2.45, 2.75) is 57.3 Å². The summed E-state index contributed by atoms with van der Waals surface area (Å²) in [5.74, 6) is 1.07. The molecule has 0 radical (unpaired) electrons. The molecule has 1 unspecified atom stereocenters. The Balaban J connectivity index is 1.50. The molecule has 0 aliphatic heterocycles. The molecule has 0 aromatic heterocycles. The molecule has 35 heavy (non-hydrogen) atoms. The summed E-state index contributed by atoms with van der Waals surface area (Å²) in [7, 11) is 1.54. The lowest BCUT2D eigenvalue weighted by molar-refractivity contribution is -0.231. The number of methoxy groups -OCH3 is 1. The first-order chi connectivity index (χ1) is 16.9. The maximum atomic E-state index is 13.2. The second-order valence-electron chi connectivity index (χ2n) is 10.2. The number of rotatable bonds is 9. The Hall–Kier alpha value is -2.90. The van der Waals surface area contributed by atoms with Crippen LogP contribution in [0, 0.1) is 17.8 Å². The Morgan fingerprint density at radius 3 is 2.26 bits per heavy atom. The zero-order valence-corrected chi connectivity index (χ0v) is 20.2. The maximum Gasteiger partial charge on any atom is 0.343 e. The average Bonchev–Trinajstić information content (AvgIpc) is 2.83. The molecule has 7 nitrogen and oxygen atoms in total. The third kappa shape index (κ3) is 4.67. The number of aromatic carboxylic acids is 1. The highest BCUT2D eigenvalue weighted by Crippen LogP contribution is 2.62. The zero-order chi connectivity index (χ0) is 24.6. The van der Waals surface area contributed by atoms with Gasteiger partial charge in [0.05, 0.1) is 12.2 Å². The number of hydrogen-bond acceptors (Lipinski definition) is 6. The number of ether oxygens (including phenoxy) is 4. The Bertz CT molecular complexity index is 1070. The first kappa shape index (κ1) is 23.8. The van der Waals surface area contributed by atoms with Crippen LogP contribution in [0.4, 0.5) is 0 Å². The molecule has 4 aliphatic rings. The van der Waals surface area contributed by atoms with Gasteiger partial charge in [-0.2, -0.15) is 0 Å². The van der Waals surface area contributed by atoms with Crippen LogP contribution in [0.5, 0.6) is 11.5 Å². The summed E-state index contributed by atoms with van der Waals surface area (Å²) in [6.07, 6.45) is 7.14. The molecule has 0 amide bonds. The first-order valence-electron chi connectivity index (χ1n) is 12.4. The summed E-state index contributed by atoms with van der Waals surface area (Å²) in [5, 5.41) is 9.45. The maximum absolute atomic E-state index is 13.2. The number of carbonyl (C=O) groups is 2. The van der Waals surface area contributed by atoms with E-state index >= 15 is 0 Å². The predicted molar refractivity (Wildman–Crippen MR) is 128 cm³/mol. The van der Waals surface area contributed by atoms with E-state index in [4.69, 9.17) is 18.9 Å². The van der Waals surface area contributed by atoms with Crippen molar-refractivity contribution in [1.29, 1.82) is 0 Å². The van der Waals surface area contributed by atoms with Gasteiger partial charge in [-0.15, -0.1) is 0 Å². The lowest BCUT2D eigenvalue weighted by Crippen LogP contribution is -2.48. The minimum absolute atomic E-state index is 0.0254. The highest BCUT2D eigenvalue weighted by atomic mass is 16.8. The van der Waals surface area contributed by atoms with Crippen LogP contribution in [0.25, 0.3) is 0 Å². The summed E-state index contributed by atoms with van der Waals surface area (Å²) < 4.78 is 22.6. The van der Waals surface area contributed by atoms with Gasteiger partial charge in [-0.25, -0.2) is 9.59 Å². The molecule has 0 saturated heterocycles. The van der Waals surface area contributed by atoms with Gasteiger partial charge in [-0.1, -0.05) is 12.1 Å². The van der Waals surface area contributed by atoms with Crippen molar-refractivity contribution in [3.05, 3.63) is 59.2 Å². The van der Waals surface area contributed by atoms with Crippen molar-refractivity contribution in [2.75, 3.05) is 13.7 Å². The fourth-order valence-corrected chi connectivity index (χ4v) is 6.90. The topological polar surface area (TPSA) is 91.3 Å². The quantitative estimate of drug-likeness (QED) is 0.291. The number of benzene rings is 2. The van der Waals surface area contributed by atoms with Crippen LogP contribution in [-0.2, 0) is 14.9 Å². The Labute approximate surface area is 205 Å². The third-order valence-electron chi connectivity index (χ3n) is 7.86. The smallest absolute Gasteiger partial charge is 0.343 e. The standard InChI is InChI=1S/C28H32O7/c1-3-33-27(32-2)35-24-9-8-20(26(31)34-23-7-5-4-6-21(23)25(29)30)13-22(24)28-14-17-10-18(15-28)12-19(11-17)16-28/h4-9,13,17-19,27H,3,10-12,14-16H2,1-2H3,(H,29,30). The average molecular weight is 481 g/mol. The Morgan fingerprint density at radius 2 is 1.66 bits per heavy atom. The normalized spacial score (nSPS) is 27.4. The Morgan fingerprint density at radius 1 is 1.00 bits per heavy atom. The fourth-order valence-electron chi connectivity index (χ4n) is 6.90. The molecule has 6 rings (SSSR count). The number of esters is 1. The SMILES string of the molecule is CCOC(OC)Oc1ccc(C(=O)Oc2ccccc2C(=O)O)cc1C12CC3CC(CC(C3)C1)C2. The van der Waals surface area contributed by atoms with E-state index in [1.807, 2.05) is 13.0 Å². The zero-order valence-electron chi connectivity index (χ0n) is 20.2. The van der Waals surface area contributed by atoms with Crippen molar-refractivity contribution in [1.82, 2.24) is 0 Å². The summed E-state index contributed by atoms with van der Waals surface area (Å²) in [4.78, 5) is 24.7. The van der Waals surface area contributed by atoms with E-state index in [9.17, 15) is 14.7 Å². The van der Waals surface area contributed by atoms with Crippen molar-refractivity contribution in [3.8, 4) is 11.5 Å². The van der Waals surface area contributed by atoms with Crippen LogP contribution in [0.1, 0.15) is 71.7 Å². The largest absolute Gasteiger partial charge is 0.478 e. The summed E-state index contributed by atoms with van der Waals surface area (Å²) in [5.41, 5.74) is 1.26. The number of carbonyl (C=O) groups excluding carboxylic acids is 1. The van der Waals surface area contributed by atoms with Crippen molar-refractivity contribution in [2.24, 2.45) is 17.8 Å². The first-order valence-corrected chi connectivity index (χ1v) is 12.4. The van der Waals surface area contributed by atoms with Gasteiger partial charge in [0.2, 0.25) is 0 Å². The van der Waals surface area contributed by atoms with E-state index in [2.05, 4.69) is 0 Å². The molecule has 4 aliphatic carbocycles. The van der Waals surface area contributed by atoms with Crippen molar-refractivity contribution in [3.63, 3.8) is 0 Å². The van der Waals surface area contributed by atoms with Crippen LogP contribution in [0.15, 0.2) is 42.5 Å². The summed E-state index contributed by atoms with van der Waals surface area (Å²) in [6.45, 7) is 1.48. The van der Waals surface area contributed by atoms with Gasteiger partial charge in [0.15, 0.2) is 0 Å². The molecule has 2 aromatic carbocycles. The number of carboxylic acid groups (broad SMARTS) is 1. The van der Waals surface area contributed by atoms with Gasteiger partial charge in [0, 0.05) is 12.7 Å². The summed E-state index contributed by atoms with van der Waals surface area (Å²) >= 11 is 0. The molecule has 0 heterocycles. The highest BCUT2D eigenvalue weighted by Gasteiger charge is 2.52. The highest BCUT2D eigenvalue weighted by molar-refractivity contribution is 5.95. The molecule has 4 saturated carbocycles. The molecular weight excluding hydrogens is 448 g/mol. The van der Waals surface area contributed by atoms with Gasteiger partial charge >= 0.3 is 18.4 Å². The number of carboxylic acids is 1. The molecule has 186 valence electrons. The minimum atomic E-state index is -1.15. The molecule has 0 spiro atoms. The van der Waals surface area contributed by atoms with Crippen LogP contribution >= 0.6 is 0 Å². The van der Waals surface area contributed by atoms with Crippen molar-refractivity contribution < 1.29 is 33.6 Å². The van der Waals surface area contributed by atoms with Gasteiger partial charge in [0.1, 0.15) is 17.1 Å². The molecule has 1 N–H and O–H groups in total. The van der Waals surface area contributed by atoms with Gasteiger partial charge in [-0.3, -0.25) is 0 Å². The second-order valence-corrected chi connectivity index (χ2v) is 10.2. The van der Waals surface area contributed by atoms with E-state index in [0.29, 0.717) is 35.7 Å². The van der Waals surface area contributed by atoms with E-state index in [1.165, 1.54) is 38.5 Å². The van der Waals surface area contributed by atoms with E-state index < -0.39 is 18.4 Å². The fraction of sp³-hybridized carbons (Fsp3) is 0.500. The molecule has 1 atom stereocenters. The van der Waals surface area contributed by atoms with E-state index in [0.717, 1.165) is 24.8 Å². The minimum Gasteiger partial charge on any atom is -0.478 e. The molecule has 4 fully saturated rings. The van der Waals surface area contributed by atoms with Crippen LogP contribution in [-0.4, -0.2) is 37.2 Å². The molecule has 4 bridgehead atoms. The lowest BCUT2D eigenvalue weighted by Gasteiger charge is -2.57. The Kier molecular flexibility index (Phi) is 6.55. The van der Waals surface area contributed by atoms with Gasteiger partial charge < -0.3 is 24.1 Å². The van der Waals surface area contributed by atoms with Crippen LogP contribution in [0.3, 0.4) is 0 Å². The molecule has 7 heteroatoms. The van der Waals surface area contributed by atoms with Crippen LogP contribution < -0.4 is 9.47 Å². The van der Waals surface area contributed by atoms with Crippen LogP contribution in [0.2, 0.25) is 0 Å². The lowest BCUT2D eigenvalue weighted by atomic mass is 9.48. The number of hydrogen-bond donors (Lipinski definition) is 1. The van der Waals surface area contributed by atoms with E-state index in [-0.39, 0.29) is 16.7 Å². The molecular formula is C28H32O7. The molecule has 2 aromatic rings. The summed E-state index contributed by atoms with van der Waals surface area (Å²) in [6, 6.07) is 11.5. The van der Waals surface area contributed by atoms with Crippen molar-refractivity contribution >= 4 is 11.9 Å². The number of para-hydroxylation sites is 1. The second kappa shape index (κ2) is 9.63. The van der Waals surface area contributed by atoms with Gasteiger partial charge in [-0.05, 0) is 98.9 Å². The third-order valence-corrected chi connectivity index (χ3v) is 7.86. The monoisotopic (exact) mass is 480 g/mol. The van der Waals surface area contributed by atoms with Gasteiger partial charge in [0.25, 0.3) is 0 Å². The van der Waals surface area contributed by atoms with E-state index in [1.54, 1.807) is 24.3 Å².